The Bertz CT molecular complexity index is 586. The van der Waals surface area contributed by atoms with E-state index in [2.05, 4.69) is 5.32 Å². The number of aliphatic hydroxyl groups excluding tert-OH is 1. The van der Waals surface area contributed by atoms with Gasteiger partial charge in [0.25, 0.3) is 0 Å². The SMILES string of the molecule is O=C(NC1CCCCCC1CO)C1(c2cccc(F)c2)CCOCC1. The van der Waals surface area contributed by atoms with Crippen LogP contribution in [0.2, 0.25) is 0 Å². The molecule has 1 aliphatic carbocycles. The highest BCUT2D eigenvalue weighted by atomic mass is 19.1. The van der Waals surface area contributed by atoms with Crippen molar-refractivity contribution in [2.75, 3.05) is 19.8 Å². The van der Waals surface area contributed by atoms with E-state index in [4.69, 9.17) is 4.74 Å². The molecule has 3 rings (SSSR count). The number of ether oxygens (including phenoxy) is 1. The highest BCUT2D eigenvalue weighted by Gasteiger charge is 2.43. The number of carbonyl (C=O) groups excluding carboxylic acids is 1. The van der Waals surface area contributed by atoms with Crippen molar-refractivity contribution < 1.29 is 19.0 Å². The van der Waals surface area contributed by atoms with Gasteiger partial charge in [-0.3, -0.25) is 4.79 Å². The van der Waals surface area contributed by atoms with Gasteiger partial charge in [0, 0.05) is 31.8 Å². The maximum Gasteiger partial charge on any atom is 0.231 e. The van der Waals surface area contributed by atoms with E-state index in [1.165, 1.54) is 12.1 Å². The Labute approximate surface area is 148 Å². The van der Waals surface area contributed by atoms with Crippen molar-refractivity contribution in [2.24, 2.45) is 5.92 Å². The lowest BCUT2D eigenvalue weighted by Gasteiger charge is -2.38. The predicted molar refractivity (Wildman–Crippen MR) is 93.7 cm³/mol. The summed E-state index contributed by atoms with van der Waals surface area (Å²) in [5.74, 6) is -0.263. The Balaban J connectivity index is 1.84. The van der Waals surface area contributed by atoms with Gasteiger partial charge in [0.05, 0.1) is 5.41 Å². The number of nitrogens with one attached hydrogen (secondary N) is 1. The van der Waals surface area contributed by atoms with Crippen LogP contribution in [0.3, 0.4) is 0 Å². The molecule has 1 heterocycles. The lowest BCUT2D eigenvalue weighted by molar-refractivity contribution is -0.131. The number of rotatable bonds is 4. The monoisotopic (exact) mass is 349 g/mol. The number of benzene rings is 1. The van der Waals surface area contributed by atoms with Crippen molar-refractivity contribution in [3.8, 4) is 0 Å². The molecule has 1 saturated carbocycles. The van der Waals surface area contributed by atoms with Gasteiger partial charge in [-0.25, -0.2) is 4.39 Å². The fourth-order valence-corrected chi connectivity index (χ4v) is 4.25. The molecule has 0 aromatic heterocycles. The first-order valence-electron chi connectivity index (χ1n) is 9.41. The molecular weight excluding hydrogens is 321 g/mol. The van der Waals surface area contributed by atoms with Crippen LogP contribution in [0, 0.1) is 11.7 Å². The van der Waals surface area contributed by atoms with Crippen molar-refractivity contribution in [3.05, 3.63) is 35.6 Å². The molecule has 2 unspecified atom stereocenters. The number of aliphatic hydroxyl groups is 1. The second-order valence-electron chi connectivity index (χ2n) is 7.37. The highest BCUT2D eigenvalue weighted by Crippen LogP contribution is 2.36. The molecule has 1 aromatic rings. The second kappa shape index (κ2) is 8.28. The van der Waals surface area contributed by atoms with Crippen LogP contribution in [-0.2, 0) is 14.9 Å². The molecular formula is C20H28FNO3. The molecule has 2 aliphatic rings. The lowest BCUT2D eigenvalue weighted by Crippen LogP contribution is -2.52. The number of halogens is 1. The average molecular weight is 349 g/mol. The van der Waals surface area contributed by atoms with Gasteiger partial charge >= 0.3 is 0 Å². The van der Waals surface area contributed by atoms with Gasteiger partial charge in [0.2, 0.25) is 5.91 Å². The number of hydrogen-bond donors (Lipinski definition) is 2. The molecule has 5 heteroatoms. The van der Waals surface area contributed by atoms with Gasteiger partial charge in [-0.15, -0.1) is 0 Å². The number of carbonyl (C=O) groups is 1. The van der Waals surface area contributed by atoms with Crippen LogP contribution in [0.1, 0.15) is 50.5 Å². The van der Waals surface area contributed by atoms with Crippen molar-refractivity contribution in [1.82, 2.24) is 5.32 Å². The van der Waals surface area contributed by atoms with Gasteiger partial charge in [0.1, 0.15) is 5.82 Å². The van der Waals surface area contributed by atoms with E-state index in [0.717, 1.165) is 37.7 Å². The normalized spacial score (nSPS) is 26.6. The third-order valence-electron chi connectivity index (χ3n) is 5.87. The Morgan fingerprint density at radius 1 is 1.24 bits per heavy atom. The first kappa shape index (κ1) is 18.3. The molecule has 0 radical (unpaired) electrons. The van der Waals surface area contributed by atoms with E-state index < -0.39 is 5.41 Å². The third-order valence-corrected chi connectivity index (χ3v) is 5.87. The van der Waals surface area contributed by atoms with Crippen molar-refractivity contribution >= 4 is 5.91 Å². The Kier molecular flexibility index (Phi) is 6.07. The number of amides is 1. The van der Waals surface area contributed by atoms with E-state index in [1.54, 1.807) is 6.07 Å². The molecule has 4 nitrogen and oxygen atoms in total. The molecule has 1 aromatic carbocycles. The molecule has 2 atom stereocenters. The lowest BCUT2D eigenvalue weighted by atomic mass is 9.73. The van der Waals surface area contributed by atoms with Crippen LogP contribution >= 0.6 is 0 Å². The third kappa shape index (κ3) is 4.04. The molecule has 25 heavy (non-hydrogen) atoms. The summed E-state index contributed by atoms with van der Waals surface area (Å²) in [6.07, 6.45) is 6.26. The molecule has 1 aliphatic heterocycles. The van der Waals surface area contributed by atoms with Gasteiger partial charge in [-0.05, 0) is 43.4 Å². The summed E-state index contributed by atoms with van der Waals surface area (Å²) in [5, 5.41) is 12.9. The zero-order chi connectivity index (χ0) is 17.7. The Hall–Kier alpha value is -1.46. The van der Waals surface area contributed by atoms with Crippen LogP contribution in [0.5, 0.6) is 0 Å². The molecule has 2 N–H and O–H groups in total. The largest absolute Gasteiger partial charge is 0.396 e. The van der Waals surface area contributed by atoms with Crippen LogP contribution in [0.4, 0.5) is 4.39 Å². The summed E-state index contributed by atoms with van der Waals surface area (Å²) in [5.41, 5.74) is -0.0189. The summed E-state index contributed by atoms with van der Waals surface area (Å²) in [6.45, 7) is 1.09. The van der Waals surface area contributed by atoms with Crippen LogP contribution in [0.15, 0.2) is 24.3 Å². The molecule has 0 spiro atoms. The first-order chi connectivity index (χ1) is 12.2. The minimum Gasteiger partial charge on any atom is -0.396 e. The van der Waals surface area contributed by atoms with Crippen molar-refractivity contribution in [1.29, 1.82) is 0 Å². The van der Waals surface area contributed by atoms with Gasteiger partial charge < -0.3 is 15.2 Å². The van der Waals surface area contributed by atoms with E-state index in [1.807, 2.05) is 6.07 Å². The fraction of sp³-hybridized carbons (Fsp3) is 0.650. The standard InChI is InChI=1S/C20H28FNO3/c21-17-7-4-6-16(13-17)20(9-11-25-12-10-20)19(24)22-18-8-3-1-2-5-15(18)14-23/h4,6-7,13,15,18,23H,1-3,5,8-12,14H2,(H,22,24). The molecule has 1 amide bonds. The van der Waals surface area contributed by atoms with Gasteiger partial charge in [-0.1, -0.05) is 31.4 Å². The maximum atomic E-state index is 13.8. The van der Waals surface area contributed by atoms with Crippen LogP contribution < -0.4 is 5.32 Å². The molecule has 138 valence electrons. The topological polar surface area (TPSA) is 58.6 Å². The Morgan fingerprint density at radius 3 is 2.72 bits per heavy atom. The minimum atomic E-state index is -0.743. The summed E-state index contributed by atoms with van der Waals surface area (Å²) < 4.78 is 19.3. The zero-order valence-corrected chi connectivity index (χ0v) is 14.7. The van der Waals surface area contributed by atoms with E-state index in [-0.39, 0.29) is 30.3 Å². The van der Waals surface area contributed by atoms with Crippen LogP contribution in [0.25, 0.3) is 0 Å². The summed E-state index contributed by atoms with van der Waals surface area (Å²) in [6, 6.07) is 6.37. The van der Waals surface area contributed by atoms with Gasteiger partial charge in [0.15, 0.2) is 0 Å². The van der Waals surface area contributed by atoms with Crippen molar-refractivity contribution in [2.45, 2.75) is 56.4 Å². The Morgan fingerprint density at radius 2 is 2.00 bits per heavy atom. The molecule has 2 fully saturated rings. The summed E-state index contributed by atoms with van der Waals surface area (Å²) >= 11 is 0. The molecule has 1 saturated heterocycles. The minimum absolute atomic E-state index is 0.00622. The smallest absolute Gasteiger partial charge is 0.231 e. The average Bonchev–Trinajstić information content (AvgIpc) is 2.87. The number of hydrogen-bond acceptors (Lipinski definition) is 3. The fourth-order valence-electron chi connectivity index (χ4n) is 4.25. The first-order valence-corrected chi connectivity index (χ1v) is 9.41. The quantitative estimate of drug-likeness (QED) is 0.822. The highest BCUT2D eigenvalue weighted by molar-refractivity contribution is 5.88. The van der Waals surface area contributed by atoms with E-state index in [9.17, 15) is 14.3 Å². The van der Waals surface area contributed by atoms with Crippen LogP contribution in [-0.4, -0.2) is 36.9 Å². The molecule has 0 bridgehead atoms. The second-order valence-corrected chi connectivity index (χ2v) is 7.37. The summed E-state index contributed by atoms with van der Waals surface area (Å²) in [7, 11) is 0. The maximum absolute atomic E-state index is 13.8. The summed E-state index contributed by atoms with van der Waals surface area (Å²) in [4.78, 5) is 13.3. The van der Waals surface area contributed by atoms with Gasteiger partial charge in [-0.2, -0.15) is 0 Å². The van der Waals surface area contributed by atoms with Crippen molar-refractivity contribution in [3.63, 3.8) is 0 Å². The predicted octanol–water partition coefficient (Wildman–Crippen LogP) is 2.93. The van der Waals surface area contributed by atoms with E-state index in [0.29, 0.717) is 26.1 Å². The zero-order valence-electron chi connectivity index (χ0n) is 14.7. The van der Waals surface area contributed by atoms with E-state index >= 15 is 0 Å².